The van der Waals surface area contributed by atoms with E-state index in [2.05, 4.69) is 15.9 Å². The minimum Gasteiger partial charge on any atom is -0.494 e. The van der Waals surface area contributed by atoms with Gasteiger partial charge >= 0.3 is 0 Å². The molecule has 2 heterocycles. The van der Waals surface area contributed by atoms with E-state index in [-0.39, 0.29) is 17.1 Å². The van der Waals surface area contributed by atoms with Crippen LogP contribution >= 0.6 is 15.9 Å². The molecule has 0 bridgehead atoms. The Kier molecular flexibility index (Phi) is 5.31. The highest BCUT2D eigenvalue weighted by Gasteiger charge is 2.43. The molecule has 1 aromatic heterocycles. The molecule has 32 heavy (non-hydrogen) atoms. The van der Waals surface area contributed by atoms with Crippen molar-refractivity contribution in [1.82, 2.24) is 0 Å². The van der Waals surface area contributed by atoms with Crippen LogP contribution in [0.5, 0.6) is 5.75 Å². The third kappa shape index (κ3) is 3.41. The molecule has 1 aliphatic rings. The number of nitrogens with zero attached hydrogens (tertiary/aromatic N) is 1. The first-order chi connectivity index (χ1) is 15.6. The largest absolute Gasteiger partial charge is 0.494 e. The number of carbonyl (C=O) groups excluding carboxylic acids is 1. The summed E-state index contributed by atoms with van der Waals surface area (Å²) in [5.41, 5.74) is 2.00. The molecular weight excluding hydrogens is 470 g/mol. The van der Waals surface area contributed by atoms with Crippen molar-refractivity contribution in [3.05, 3.63) is 104 Å². The summed E-state index contributed by atoms with van der Waals surface area (Å²) in [6.07, 6.45) is 0.884. The summed E-state index contributed by atoms with van der Waals surface area (Å²) < 4.78 is 12.6. The van der Waals surface area contributed by atoms with Crippen LogP contribution in [0.1, 0.15) is 41.1 Å². The molecule has 0 N–H and O–H groups in total. The van der Waals surface area contributed by atoms with Crippen LogP contribution in [0.15, 0.2) is 86.5 Å². The fraction of sp³-hybridized carbons (Fsp3) is 0.154. The van der Waals surface area contributed by atoms with Crippen LogP contribution in [0, 0.1) is 0 Å². The summed E-state index contributed by atoms with van der Waals surface area (Å²) in [7, 11) is 0. The minimum atomic E-state index is -0.621. The zero-order chi connectivity index (χ0) is 22.2. The van der Waals surface area contributed by atoms with Crippen molar-refractivity contribution in [3.63, 3.8) is 0 Å². The van der Waals surface area contributed by atoms with Gasteiger partial charge in [-0.2, -0.15) is 0 Å². The Bertz CT molecular complexity index is 1380. The van der Waals surface area contributed by atoms with Crippen molar-refractivity contribution in [1.29, 1.82) is 0 Å². The van der Waals surface area contributed by atoms with Gasteiger partial charge in [-0.05, 0) is 54.4 Å². The number of para-hydroxylation sites is 1. The maximum absolute atomic E-state index is 13.6. The lowest BCUT2D eigenvalue weighted by Crippen LogP contribution is -2.29. The van der Waals surface area contributed by atoms with Gasteiger partial charge in [0.15, 0.2) is 5.43 Å². The maximum atomic E-state index is 13.6. The van der Waals surface area contributed by atoms with Gasteiger partial charge in [0.05, 0.1) is 23.6 Å². The Hall–Kier alpha value is -3.38. The quantitative estimate of drug-likeness (QED) is 0.340. The number of benzene rings is 3. The van der Waals surface area contributed by atoms with Crippen LogP contribution in [0.2, 0.25) is 0 Å². The van der Waals surface area contributed by atoms with Crippen molar-refractivity contribution in [2.75, 3.05) is 11.5 Å². The molecule has 0 spiro atoms. The molecule has 1 unspecified atom stereocenters. The average molecular weight is 490 g/mol. The third-order valence-electron chi connectivity index (χ3n) is 5.51. The highest BCUT2D eigenvalue weighted by molar-refractivity contribution is 9.10. The molecule has 1 atom stereocenters. The van der Waals surface area contributed by atoms with Crippen LogP contribution in [-0.4, -0.2) is 12.5 Å². The smallest absolute Gasteiger partial charge is 0.295 e. The standard InChI is InChI=1S/C26H20BrNO4/c1-2-13-31-19-10-6-7-16(14-19)23-22-24(29)20-15-17(27)11-12-21(20)32-25(22)26(30)28(23)18-8-4-3-5-9-18/h3-12,14-15,23H,2,13H2,1H3. The molecule has 0 saturated carbocycles. The summed E-state index contributed by atoms with van der Waals surface area (Å²) >= 11 is 3.43. The summed E-state index contributed by atoms with van der Waals surface area (Å²) in [5.74, 6) is 0.447. The van der Waals surface area contributed by atoms with Gasteiger partial charge in [0, 0.05) is 10.2 Å². The van der Waals surface area contributed by atoms with E-state index in [0.29, 0.717) is 34.6 Å². The Morgan fingerprint density at radius 3 is 2.59 bits per heavy atom. The normalized spacial score (nSPS) is 15.2. The molecule has 0 fully saturated rings. The van der Waals surface area contributed by atoms with Gasteiger partial charge in [0.1, 0.15) is 11.3 Å². The zero-order valence-corrected chi connectivity index (χ0v) is 19.0. The number of hydrogen-bond donors (Lipinski definition) is 0. The van der Waals surface area contributed by atoms with Gasteiger partial charge in [-0.1, -0.05) is 53.2 Å². The molecule has 1 aliphatic heterocycles. The van der Waals surface area contributed by atoms with Crippen LogP contribution in [-0.2, 0) is 0 Å². The van der Waals surface area contributed by atoms with Crippen molar-refractivity contribution < 1.29 is 13.9 Å². The van der Waals surface area contributed by atoms with Crippen molar-refractivity contribution in [2.45, 2.75) is 19.4 Å². The molecule has 0 saturated heterocycles. The predicted molar refractivity (Wildman–Crippen MR) is 128 cm³/mol. The highest BCUT2D eigenvalue weighted by Crippen LogP contribution is 2.42. The molecule has 4 aromatic rings. The lowest BCUT2D eigenvalue weighted by Gasteiger charge is -2.25. The monoisotopic (exact) mass is 489 g/mol. The van der Waals surface area contributed by atoms with E-state index in [4.69, 9.17) is 9.15 Å². The number of rotatable bonds is 5. The molecule has 0 aliphatic carbocycles. The minimum absolute atomic E-state index is 0.0820. The van der Waals surface area contributed by atoms with Crippen molar-refractivity contribution in [2.24, 2.45) is 0 Å². The number of ether oxygens (including phenoxy) is 1. The topological polar surface area (TPSA) is 59.8 Å². The Labute approximate surface area is 193 Å². The van der Waals surface area contributed by atoms with E-state index < -0.39 is 6.04 Å². The molecule has 3 aromatic carbocycles. The fourth-order valence-electron chi connectivity index (χ4n) is 4.11. The molecule has 5 nitrogen and oxygen atoms in total. The summed E-state index contributed by atoms with van der Waals surface area (Å²) in [6, 6.07) is 21.5. The lowest BCUT2D eigenvalue weighted by molar-refractivity contribution is 0.0971. The number of anilines is 1. The van der Waals surface area contributed by atoms with Gasteiger partial charge in [0.25, 0.3) is 5.91 Å². The van der Waals surface area contributed by atoms with E-state index in [1.807, 2.05) is 61.5 Å². The third-order valence-corrected chi connectivity index (χ3v) is 6.01. The molecular formula is C26H20BrNO4. The summed E-state index contributed by atoms with van der Waals surface area (Å²) in [4.78, 5) is 28.8. The van der Waals surface area contributed by atoms with Crippen molar-refractivity contribution >= 4 is 38.5 Å². The number of hydrogen-bond acceptors (Lipinski definition) is 4. The molecule has 6 heteroatoms. The number of halogens is 1. The first kappa shape index (κ1) is 20.5. The Morgan fingerprint density at radius 2 is 1.81 bits per heavy atom. The average Bonchev–Trinajstić information content (AvgIpc) is 3.11. The van der Waals surface area contributed by atoms with E-state index in [0.717, 1.165) is 16.5 Å². The van der Waals surface area contributed by atoms with Gasteiger partial charge in [-0.15, -0.1) is 0 Å². The SMILES string of the molecule is CCCOc1cccc(C2c3c(oc4ccc(Br)cc4c3=O)C(=O)N2c2ccccc2)c1. The molecule has 160 valence electrons. The van der Waals surface area contributed by atoms with Crippen LogP contribution in [0.25, 0.3) is 11.0 Å². The van der Waals surface area contributed by atoms with E-state index in [1.165, 1.54) is 0 Å². The van der Waals surface area contributed by atoms with E-state index >= 15 is 0 Å². The van der Waals surface area contributed by atoms with E-state index in [9.17, 15) is 9.59 Å². The van der Waals surface area contributed by atoms with Crippen LogP contribution < -0.4 is 15.1 Å². The van der Waals surface area contributed by atoms with Gasteiger partial charge in [-0.3, -0.25) is 14.5 Å². The number of carbonyl (C=O) groups is 1. The second-order valence-corrected chi connectivity index (χ2v) is 8.56. The lowest BCUT2D eigenvalue weighted by atomic mass is 9.98. The fourth-order valence-corrected chi connectivity index (χ4v) is 4.47. The van der Waals surface area contributed by atoms with Crippen molar-refractivity contribution in [3.8, 4) is 5.75 Å². The van der Waals surface area contributed by atoms with Gasteiger partial charge in [0.2, 0.25) is 5.76 Å². The van der Waals surface area contributed by atoms with Gasteiger partial charge in [-0.25, -0.2) is 0 Å². The second kappa shape index (κ2) is 8.28. The predicted octanol–water partition coefficient (Wildman–Crippen LogP) is 6.09. The summed E-state index contributed by atoms with van der Waals surface area (Å²) in [5, 5.41) is 0.434. The highest BCUT2D eigenvalue weighted by atomic mass is 79.9. The zero-order valence-electron chi connectivity index (χ0n) is 17.4. The first-order valence-electron chi connectivity index (χ1n) is 10.5. The Morgan fingerprint density at radius 1 is 1.00 bits per heavy atom. The number of fused-ring (bicyclic) bond motifs is 2. The molecule has 5 rings (SSSR count). The maximum Gasteiger partial charge on any atom is 0.295 e. The second-order valence-electron chi connectivity index (χ2n) is 7.65. The summed E-state index contributed by atoms with van der Waals surface area (Å²) in [6.45, 7) is 2.63. The van der Waals surface area contributed by atoms with Crippen LogP contribution in [0.4, 0.5) is 5.69 Å². The first-order valence-corrected chi connectivity index (χ1v) is 11.3. The van der Waals surface area contributed by atoms with Gasteiger partial charge < -0.3 is 9.15 Å². The van der Waals surface area contributed by atoms with E-state index in [1.54, 1.807) is 23.1 Å². The number of amides is 1. The molecule has 0 radical (unpaired) electrons. The Balaban J connectivity index is 1.76. The van der Waals surface area contributed by atoms with Crippen LogP contribution in [0.3, 0.4) is 0 Å². The molecule has 1 amide bonds.